The van der Waals surface area contributed by atoms with E-state index in [0.29, 0.717) is 19.5 Å². The van der Waals surface area contributed by atoms with Crippen LogP contribution < -0.4 is 5.32 Å². The van der Waals surface area contributed by atoms with Gasteiger partial charge >= 0.3 is 0 Å². The van der Waals surface area contributed by atoms with Crippen molar-refractivity contribution in [3.8, 4) is 0 Å². The number of thioether (sulfide) groups is 1. The van der Waals surface area contributed by atoms with Gasteiger partial charge in [-0.1, -0.05) is 0 Å². The summed E-state index contributed by atoms with van der Waals surface area (Å²) < 4.78 is 0. The first kappa shape index (κ1) is 17.3. The van der Waals surface area contributed by atoms with Crippen LogP contribution in [-0.4, -0.2) is 76.1 Å². The van der Waals surface area contributed by atoms with E-state index < -0.39 is 6.04 Å². The van der Waals surface area contributed by atoms with Crippen LogP contribution in [0.15, 0.2) is 5.28 Å². The summed E-state index contributed by atoms with van der Waals surface area (Å²) in [6.07, 6.45) is 2.51. The molecule has 9 nitrogen and oxygen atoms in total. The van der Waals surface area contributed by atoms with Crippen molar-refractivity contribution < 1.29 is 19.8 Å². The third-order valence-electron chi connectivity index (χ3n) is 3.17. The van der Waals surface area contributed by atoms with E-state index in [1.807, 2.05) is 6.26 Å². The summed E-state index contributed by atoms with van der Waals surface area (Å²) in [4.78, 5) is 25.3. The molecule has 1 aliphatic heterocycles. The zero-order valence-corrected chi connectivity index (χ0v) is 13.0. The van der Waals surface area contributed by atoms with Gasteiger partial charge in [-0.15, -0.1) is 5.01 Å². The second kappa shape index (κ2) is 8.55. The SMILES string of the molecule is CSCC[C@H](NC(C)=O)C(=O)N1CCN(/[N+]([O-])=N/O)CC1. The molecule has 120 valence electrons. The third-order valence-corrected chi connectivity index (χ3v) is 3.82. The van der Waals surface area contributed by atoms with Gasteiger partial charge in [-0.2, -0.15) is 11.8 Å². The topological polar surface area (TPSA) is 111 Å². The summed E-state index contributed by atoms with van der Waals surface area (Å²) in [5, 5.41) is 26.0. The summed E-state index contributed by atoms with van der Waals surface area (Å²) in [6, 6.07) is -0.535. The molecule has 2 N–H and O–H groups in total. The number of hydrogen-bond acceptors (Lipinski definition) is 5. The molecule has 0 aromatic heterocycles. The van der Waals surface area contributed by atoms with Crippen LogP contribution in [0.5, 0.6) is 0 Å². The molecule has 0 aromatic carbocycles. The minimum Gasteiger partial charge on any atom is -0.569 e. The number of carbonyl (C=O) groups excluding carboxylic acids is 2. The van der Waals surface area contributed by atoms with Crippen LogP contribution in [0.1, 0.15) is 13.3 Å². The lowest BCUT2D eigenvalue weighted by atomic mass is 10.1. The Morgan fingerprint density at radius 2 is 2.05 bits per heavy atom. The van der Waals surface area contributed by atoms with Gasteiger partial charge in [0, 0.05) is 20.0 Å². The molecule has 0 spiro atoms. The van der Waals surface area contributed by atoms with E-state index in [1.54, 1.807) is 16.7 Å². The molecule has 0 radical (unpaired) electrons. The van der Waals surface area contributed by atoms with Gasteiger partial charge in [-0.25, -0.2) is 0 Å². The number of piperazine rings is 1. The molecular weight excluding hydrogens is 298 g/mol. The van der Waals surface area contributed by atoms with E-state index >= 15 is 0 Å². The second-order valence-electron chi connectivity index (χ2n) is 4.66. The summed E-state index contributed by atoms with van der Waals surface area (Å²) in [7, 11) is 0. The molecule has 1 fully saturated rings. The van der Waals surface area contributed by atoms with Gasteiger partial charge in [-0.3, -0.25) is 9.59 Å². The fourth-order valence-electron chi connectivity index (χ4n) is 2.10. The zero-order chi connectivity index (χ0) is 15.8. The fraction of sp³-hybridized carbons (Fsp3) is 0.818. The highest BCUT2D eigenvalue weighted by molar-refractivity contribution is 7.98. The van der Waals surface area contributed by atoms with E-state index in [-0.39, 0.29) is 29.9 Å². The molecule has 2 amide bonds. The standard InChI is InChI=1S/C11H21N5O4S/c1-9(17)12-10(3-8-21-2)11(18)14-4-6-15(7-5-14)16(20)13-19/h10,19H,3-8H2,1-2H3,(H,12,17)/b16-13-/t10-/m0/s1. The lowest BCUT2D eigenvalue weighted by Crippen LogP contribution is -2.55. The van der Waals surface area contributed by atoms with Crippen molar-refractivity contribution >= 4 is 23.6 Å². The molecular formula is C11H21N5O4S. The van der Waals surface area contributed by atoms with E-state index in [9.17, 15) is 14.8 Å². The van der Waals surface area contributed by atoms with Crippen molar-refractivity contribution in [3.63, 3.8) is 0 Å². The minimum atomic E-state index is -0.535. The molecule has 1 saturated heterocycles. The maximum absolute atomic E-state index is 12.4. The molecule has 1 heterocycles. The zero-order valence-electron chi connectivity index (χ0n) is 12.2. The predicted octanol–water partition coefficient (Wildman–Crippen LogP) is -0.345. The molecule has 0 saturated carbocycles. The van der Waals surface area contributed by atoms with Gasteiger partial charge < -0.3 is 20.6 Å². The Balaban J connectivity index is 2.58. The molecule has 0 aromatic rings. The molecule has 1 aliphatic rings. The van der Waals surface area contributed by atoms with Gasteiger partial charge in [0.05, 0.1) is 18.1 Å². The summed E-state index contributed by atoms with van der Waals surface area (Å²) in [6.45, 7) is 2.66. The van der Waals surface area contributed by atoms with Crippen LogP contribution >= 0.6 is 11.8 Å². The smallest absolute Gasteiger partial charge is 0.245 e. The Kier molecular flexibility index (Phi) is 7.06. The number of nitrogens with zero attached hydrogens (tertiary/aromatic N) is 4. The van der Waals surface area contributed by atoms with Crippen LogP contribution in [0, 0.1) is 5.21 Å². The minimum absolute atomic E-state index is 0.112. The monoisotopic (exact) mass is 319 g/mol. The van der Waals surface area contributed by atoms with E-state index in [2.05, 4.69) is 10.6 Å². The first-order chi connectivity index (χ1) is 9.99. The van der Waals surface area contributed by atoms with Gasteiger partial charge in [0.2, 0.25) is 17.1 Å². The number of carbonyl (C=O) groups is 2. The second-order valence-corrected chi connectivity index (χ2v) is 5.64. The predicted molar refractivity (Wildman–Crippen MR) is 76.6 cm³/mol. The number of hydrogen-bond donors (Lipinski definition) is 2. The summed E-state index contributed by atoms with van der Waals surface area (Å²) >= 11 is 1.61. The Hall–Kier alpha value is -1.71. The van der Waals surface area contributed by atoms with Crippen molar-refractivity contribution in [3.05, 3.63) is 5.21 Å². The molecule has 0 bridgehead atoms. The van der Waals surface area contributed by atoms with Gasteiger partial charge in [0.1, 0.15) is 6.04 Å². The fourth-order valence-corrected chi connectivity index (χ4v) is 2.57. The molecule has 1 rings (SSSR count). The van der Waals surface area contributed by atoms with Gasteiger partial charge in [-0.05, 0) is 18.4 Å². The van der Waals surface area contributed by atoms with Gasteiger partial charge in [0.15, 0.2) is 0 Å². The number of amides is 2. The first-order valence-electron chi connectivity index (χ1n) is 6.61. The highest BCUT2D eigenvalue weighted by Crippen LogP contribution is 2.08. The summed E-state index contributed by atoms with van der Waals surface area (Å²) in [5.74, 6) is 0.393. The first-order valence-corrected chi connectivity index (χ1v) is 8.01. The Morgan fingerprint density at radius 1 is 1.43 bits per heavy atom. The maximum Gasteiger partial charge on any atom is 0.245 e. The Labute approximate surface area is 127 Å². The Bertz CT molecular complexity index is 398. The quantitative estimate of drug-likeness (QED) is 0.393. The van der Waals surface area contributed by atoms with E-state index in [0.717, 1.165) is 5.75 Å². The van der Waals surface area contributed by atoms with Crippen LogP contribution in [0.4, 0.5) is 0 Å². The lowest BCUT2D eigenvalue weighted by molar-refractivity contribution is -0.711. The van der Waals surface area contributed by atoms with Crippen LogP contribution in [0.2, 0.25) is 0 Å². The largest absolute Gasteiger partial charge is 0.569 e. The molecule has 0 aliphatic carbocycles. The third kappa shape index (κ3) is 5.29. The average molecular weight is 319 g/mol. The van der Waals surface area contributed by atoms with E-state index in [4.69, 9.17) is 5.21 Å². The highest BCUT2D eigenvalue weighted by Gasteiger charge is 2.30. The summed E-state index contributed by atoms with van der Waals surface area (Å²) in [5.41, 5.74) is 0. The molecule has 1 atom stereocenters. The maximum atomic E-state index is 12.4. The van der Waals surface area contributed by atoms with Crippen molar-refractivity contribution in [2.75, 3.05) is 38.2 Å². The number of hydrazine groups is 1. The normalized spacial score (nSPS) is 17.5. The Morgan fingerprint density at radius 3 is 2.52 bits per heavy atom. The van der Waals surface area contributed by atoms with Crippen molar-refractivity contribution in [1.82, 2.24) is 15.2 Å². The van der Waals surface area contributed by atoms with E-state index in [1.165, 1.54) is 11.9 Å². The highest BCUT2D eigenvalue weighted by atomic mass is 32.2. The molecule has 10 heteroatoms. The van der Waals surface area contributed by atoms with Crippen molar-refractivity contribution in [2.24, 2.45) is 5.28 Å². The van der Waals surface area contributed by atoms with Crippen molar-refractivity contribution in [1.29, 1.82) is 0 Å². The van der Waals surface area contributed by atoms with Crippen LogP contribution in [0.3, 0.4) is 0 Å². The number of rotatable bonds is 6. The average Bonchev–Trinajstić information content (AvgIpc) is 2.49. The number of nitrogens with one attached hydrogen (secondary N) is 1. The molecule has 0 unspecified atom stereocenters. The lowest BCUT2D eigenvalue weighted by Gasteiger charge is -2.33. The van der Waals surface area contributed by atoms with Crippen LogP contribution in [-0.2, 0) is 9.59 Å². The molecule has 21 heavy (non-hydrogen) atoms. The van der Waals surface area contributed by atoms with Gasteiger partial charge in [0.25, 0.3) is 0 Å². The van der Waals surface area contributed by atoms with Crippen LogP contribution in [0.25, 0.3) is 0 Å². The van der Waals surface area contributed by atoms with Crippen molar-refractivity contribution in [2.45, 2.75) is 19.4 Å².